The van der Waals surface area contributed by atoms with Crippen molar-refractivity contribution in [2.45, 2.75) is 45.4 Å². The van der Waals surface area contributed by atoms with Crippen LogP contribution in [0.5, 0.6) is 6.01 Å². The predicted octanol–water partition coefficient (Wildman–Crippen LogP) is 3.03. The number of carbonyl (C=O) groups is 1. The minimum Gasteiger partial charge on any atom is -0.463 e. The van der Waals surface area contributed by atoms with Gasteiger partial charge in [0.1, 0.15) is 0 Å². The van der Waals surface area contributed by atoms with Gasteiger partial charge in [0, 0.05) is 47.9 Å². The van der Waals surface area contributed by atoms with Gasteiger partial charge in [-0.25, -0.2) is 4.98 Å². The molecular weight excluding hydrogens is 458 g/mol. The number of allylic oxidation sites excluding steroid dienone is 1. The van der Waals surface area contributed by atoms with E-state index in [0.29, 0.717) is 43.7 Å². The van der Waals surface area contributed by atoms with Crippen LogP contribution < -0.4 is 15.0 Å². The van der Waals surface area contributed by atoms with Gasteiger partial charge in [0.2, 0.25) is 11.8 Å². The Morgan fingerprint density at radius 1 is 1.33 bits per heavy atom. The van der Waals surface area contributed by atoms with Gasteiger partial charge in [-0.2, -0.15) is 25.3 Å². The third-order valence-electron chi connectivity index (χ3n) is 6.92. The minimum absolute atomic E-state index is 0.0124. The summed E-state index contributed by atoms with van der Waals surface area (Å²) in [6.07, 6.45) is 4.93. The van der Waals surface area contributed by atoms with Gasteiger partial charge in [0.25, 0.3) is 5.91 Å². The highest BCUT2D eigenvalue weighted by Gasteiger charge is 2.38. The SMILES string of the molecule is C=C(CC)NC(=O)c1nc(OC[C@H]2C[C@H]2C#N)nc(N2CCC(c3[nH]nc4nccc(C)c34)CC2)n1. The highest BCUT2D eigenvalue weighted by atomic mass is 16.5. The van der Waals surface area contributed by atoms with Crippen LogP contribution in [-0.4, -0.2) is 55.7 Å². The lowest BCUT2D eigenvalue weighted by atomic mass is 9.91. The molecule has 36 heavy (non-hydrogen) atoms. The lowest BCUT2D eigenvalue weighted by Gasteiger charge is -2.31. The largest absolute Gasteiger partial charge is 0.463 e. The predicted molar refractivity (Wildman–Crippen MR) is 132 cm³/mol. The molecule has 1 amide bonds. The molecule has 4 heterocycles. The van der Waals surface area contributed by atoms with E-state index in [-0.39, 0.29) is 23.7 Å². The second-order valence-corrected chi connectivity index (χ2v) is 9.42. The van der Waals surface area contributed by atoms with Crippen molar-refractivity contribution >= 4 is 22.9 Å². The number of H-pyrrole nitrogens is 1. The number of nitrogens with zero attached hydrogens (tertiary/aromatic N) is 7. The molecule has 11 heteroatoms. The minimum atomic E-state index is -0.446. The molecule has 2 atom stereocenters. The average molecular weight is 488 g/mol. The van der Waals surface area contributed by atoms with E-state index >= 15 is 0 Å². The maximum atomic E-state index is 12.8. The highest BCUT2D eigenvalue weighted by molar-refractivity contribution is 5.92. The van der Waals surface area contributed by atoms with Crippen LogP contribution in [0.4, 0.5) is 5.95 Å². The number of amides is 1. The van der Waals surface area contributed by atoms with E-state index in [9.17, 15) is 4.79 Å². The summed E-state index contributed by atoms with van der Waals surface area (Å²) in [4.78, 5) is 32.4. The third-order valence-corrected chi connectivity index (χ3v) is 6.92. The zero-order chi connectivity index (χ0) is 25.2. The molecule has 0 aromatic carbocycles. The van der Waals surface area contributed by atoms with Crippen molar-refractivity contribution in [1.82, 2.24) is 35.5 Å². The van der Waals surface area contributed by atoms with Crippen LogP contribution in [0.2, 0.25) is 0 Å². The number of piperidine rings is 1. The molecule has 0 radical (unpaired) electrons. The Bertz CT molecular complexity index is 1340. The van der Waals surface area contributed by atoms with Gasteiger partial charge in [0.15, 0.2) is 5.65 Å². The number of hydrogen-bond acceptors (Lipinski definition) is 9. The molecule has 3 aromatic heterocycles. The Morgan fingerprint density at radius 2 is 2.14 bits per heavy atom. The first-order chi connectivity index (χ1) is 17.5. The number of fused-ring (bicyclic) bond motifs is 1. The first-order valence-electron chi connectivity index (χ1n) is 12.3. The van der Waals surface area contributed by atoms with Crippen LogP contribution in [0.1, 0.15) is 60.4 Å². The number of carbonyl (C=O) groups excluding carboxylic acids is 1. The van der Waals surface area contributed by atoms with Crippen molar-refractivity contribution in [1.29, 1.82) is 5.26 Å². The number of nitriles is 1. The van der Waals surface area contributed by atoms with Crippen molar-refractivity contribution in [3.05, 3.63) is 41.6 Å². The molecule has 5 rings (SSSR count). The number of rotatable bonds is 8. The Morgan fingerprint density at radius 3 is 2.86 bits per heavy atom. The van der Waals surface area contributed by atoms with Crippen LogP contribution in [0.25, 0.3) is 11.0 Å². The molecule has 1 saturated carbocycles. The average Bonchev–Trinajstić information content (AvgIpc) is 3.53. The Balaban J connectivity index is 1.33. The van der Waals surface area contributed by atoms with E-state index in [0.717, 1.165) is 41.6 Å². The normalized spacial score (nSPS) is 19.6. The van der Waals surface area contributed by atoms with Gasteiger partial charge in [-0.3, -0.25) is 9.89 Å². The Labute approximate surface area is 209 Å². The Hall–Kier alpha value is -4.07. The highest BCUT2D eigenvalue weighted by Crippen LogP contribution is 2.38. The lowest BCUT2D eigenvalue weighted by molar-refractivity contribution is 0.0952. The van der Waals surface area contributed by atoms with Gasteiger partial charge >= 0.3 is 6.01 Å². The molecule has 2 fully saturated rings. The molecule has 2 N–H and O–H groups in total. The van der Waals surface area contributed by atoms with Crippen molar-refractivity contribution < 1.29 is 9.53 Å². The quantitative estimate of drug-likeness (QED) is 0.489. The summed E-state index contributed by atoms with van der Waals surface area (Å²) in [5, 5.41) is 20.5. The van der Waals surface area contributed by atoms with Crippen LogP contribution in [0.3, 0.4) is 0 Å². The molecule has 0 spiro atoms. The van der Waals surface area contributed by atoms with Gasteiger partial charge < -0.3 is 15.0 Å². The number of hydrogen-bond donors (Lipinski definition) is 2. The van der Waals surface area contributed by atoms with E-state index < -0.39 is 5.91 Å². The summed E-state index contributed by atoms with van der Waals surface area (Å²) in [5.41, 5.74) is 3.59. The van der Waals surface area contributed by atoms with E-state index in [1.54, 1.807) is 6.20 Å². The summed E-state index contributed by atoms with van der Waals surface area (Å²) < 4.78 is 5.79. The first-order valence-corrected chi connectivity index (χ1v) is 12.3. The zero-order valence-electron chi connectivity index (χ0n) is 20.5. The van der Waals surface area contributed by atoms with Gasteiger partial charge in [-0.05, 0) is 44.2 Å². The number of aromatic nitrogens is 6. The molecule has 2 aliphatic rings. The lowest BCUT2D eigenvalue weighted by Crippen LogP contribution is -2.35. The van der Waals surface area contributed by atoms with Crippen molar-refractivity contribution in [2.24, 2.45) is 11.8 Å². The van der Waals surface area contributed by atoms with E-state index in [1.807, 2.05) is 13.0 Å². The number of ether oxygens (including phenoxy) is 1. The molecule has 186 valence electrons. The molecule has 1 aliphatic carbocycles. The monoisotopic (exact) mass is 487 g/mol. The topological polar surface area (TPSA) is 146 Å². The Kier molecular flexibility index (Phi) is 6.50. The van der Waals surface area contributed by atoms with Gasteiger partial charge in [0.05, 0.1) is 18.6 Å². The molecule has 3 aromatic rings. The van der Waals surface area contributed by atoms with E-state index in [1.165, 1.54) is 0 Å². The fourth-order valence-electron chi connectivity index (χ4n) is 4.52. The third kappa shape index (κ3) is 4.84. The standard InChI is InChI=1S/C25H29N9O2/c1-4-15(3)28-23(35)22-29-24(31-25(30-22)36-13-18-11-17(18)12-26)34-9-6-16(7-10-34)20-19-14(2)5-8-27-21(19)33-32-20/h5,8,16-18H,3-4,6-7,9-11,13H2,1-2H3,(H,28,35)(H,27,32,33)/t17-,18+/m0/s1. The summed E-state index contributed by atoms with van der Waals surface area (Å²) in [7, 11) is 0. The fraction of sp³-hybridized carbons (Fsp3) is 0.480. The first kappa shape index (κ1) is 23.7. The molecule has 0 unspecified atom stereocenters. The maximum absolute atomic E-state index is 12.8. The number of pyridine rings is 1. The molecule has 1 aliphatic heterocycles. The van der Waals surface area contributed by atoms with E-state index in [2.05, 4.69) is 59.9 Å². The van der Waals surface area contributed by atoms with Crippen molar-refractivity contribution in [3.8, 4) is 12.1 Å². The van der Waals surface area contributed by atoms with Crippen LogP contribution in [0.15, 0.2) is 24.5 Å². The van der Waals surface area contributed by atoms with Crippen LogP contribution >= 0.6 is 0 Å². The molecular formula is C25H29N9O2. The van der Waals surface area contributed by atoms with Crippen molar-refractivity contribution in [2.75, 3.05) is 24.6 Å². The number of nitrogens with one attached hydrogen (secondary N) is 2. The summed E-state index contributed by atoms with van der Waals surface area (Å²) in [6.45, 7) is 9.56. The summed E-state index contributed by atoms with van der Waals surface area (Å²) in [5.74, 6) is 0.438. The zero-order valence-corrected chi connectivity index (χ0v) is 20.5. The second kappa shape index (κ2) is 9.89. The summed E-state index contributed by atoms with van der Waals surface area (Å²) in [6, 6.07) is 4.35. The second-order valence-electron chi connectivity index (χ2n) is 9.42. The van der Waals surface area contributed by atoms with Gasteiger partial charge in [-0.1, -0.05) is 13.5 Å². The summed E-state index contributed by atoms with van der Waals surface area (Å²) >= 11 is 0. The number of aryl methyl sites for hydroxylation is 1. The molecule has 11 nitrogen and oxygen atoms in total. The van der Waals surface area contributed by atoms with Crippen molar-refractivity contribution in [3.63, 3.8) is 0 Å². The fourth-order valence-corrected chi connectivity index (χ4v) is 4.52. The maximum Gasteiger partial charge on any atom is 0.321 e. The number of aromatic amines is 1. The smallest absolute Gasteiger partial charge is 0.321 e. The molecule has 0 bridgehead atoms. The number of anilines is 1. The molecule has 1 saturated heterocycles. The van der Waals surface area contributed by atoms with Crippen LogP contribution in [-0.2, 0) is 0 Å². The van der Waals surface area contributed by atoms with E-state index in [4.69, 9.17) is 10.00 Å². The van der Waals surface area contributed by atoms with Gasteiger partial charge in [-0.15, -0.1) is 0 Å². The van der Waals surface area contributed by atoms with Crippen LogP contribution in [0, 0.1) is 30.1 Å².